The number of hydrogen-bond donors (Lipinski definition) is 2. The second-order valence-electron chi connectivity index (χ2n) is 4.85. The number of sulfonamides is 1. The molecule has 0 aliphatic carbocycles. The third-order valence-electron chi connectivity index (χ3n) is 3.20. The molecule has 0 fully saturated rings. The predicted octanol–water partition coefficient (Wildman–Crippen LogP) is 3.04. The maximum atomic E-state index is 12.6. The topological polar surface area (TPSA) is 85.1 Å². The van der Waals surface area contributed by atoms with Gasteiger partial charge in [0.2, 0.25) is 0 Å². The summed E-state index contributed by atoms with van der Waals surface area (Å²) in [6, 6.07) is 4.82. The number of nitrogens with zero attached hydrogens (tertiary/aromatic N) is 1. The van der Waals surface area contributed by atoms with E-state index < -0.39 is 10.0 Å². The van der Waals surface area contributed by atoms with Gasteiger partial charge in [-0.25, -0.2) is 13.4 Å². The molecule has 1 heterocycles. The van der Waals surface area contributed by atoms with Gasteiger partial charge in [0, 0.05) is 11.9 Å². The molecule has 0 spiro atoms. The summed E-state index contributed by atoms with van der Waals surface area (Å²) in [4.78, 5) is 4.12. The van der Waals surface area contributed by atoms with Crippen molar-refractivity contribution in [2.75, 3.05) is 10.5 Å². The van der Waals surface area contributed by atoms with E-state index in [9.17, 15) is 8.42 Å². The van der Waals surface area contributed by atoms with Crippen molar-refractivity contribution in [3.63, 3.8) is 0 Å². The van der Waals surface area contributed by atoms with Crippen molar-refractivity contribution in [1.82, 2.24) is 4.98 Å². The van der Waals surface area contributed by atoms with E-state index in [-0.39, 0.29) is 10.7 Å². The maximum absolute atomic E-state index is 12.6. The van der Waals surface area contributed by atoms with E-state index in [1.807, 2.05) is 6.92 Å². The number of rotatable bonds is 3. The Morgan fingerprint density at radius 1 is 1.19 bits per heavy atom. The summed E-state index contributed by atoms with van der Waals surface area (Å²) in [5.74, 6) is 0.206. The molecule has 0 radical (unpaired) electrons. The summed E-state index contributed by atoms with van der Waals surface area (Å²) in [7, 11) is -3.76. The Balaban J connectivity index is 2.50. The Morgan fingerprint density at radius 2 is 1.86 bits per heavy atom. The first-order chi connectivity index (χ1) is 9.72. The standard InChI is InChI=1S/C14H16ClN3O2S/c1-8-6-9(2)14(10(3)13(8)16)21(19,20)18-12-5-4-11(15)7-17-12/h4-7H,16H2,1-3H3,(H,17,18). The van der Waals surface area contributed by atoms with Crippen LogP contribution in [-0.4, -0.2) is 13.4 Å². The largest absolute Gasteiger partial charge is 0.398 e. The molecule has 3 N–H and O–H groups in total. The average molecular weight is 326 g/mol. The van der Waals surface area contributed by atoms with E-state index >= 15 is 0 Å². The van der Waals surface area contributed by atoms with Gasteiger partial charge in [0.05, 0.1) is 9.92 Å². The zero-order valence-electron chi connectivity index (χ0n) is 11.9. The number of hydrogen-bond acceptors (Lipinski definition) is 4. The van der Waals surface area contributed by atoms with Crippen LogP contribution in [0.15, 0.2) is 29.3 Å². The highest BCUT2D eigenvalue weighted by Crippen LogP contribution is 2.29. The van der Waals surface area contributed by atoms with Crippen LogP contribution in [0.1, 0.15) is 16.7 Å². The second kappa shape index (κ2) is 5.54. The highest BCUT2D eigenvalue weighted by molar-refractivity contribution is 7.92. The van der Waals surface area contributed by atoms with Gasteiger partial charge in [-0.05, 0) is 49.6 Å². The van der Waals surface area contributed by atoms with Crippen LogP contribution in [0.3, 0.4) is 0 Å². The maximum Gasteiger partial charge on any atom is 0.263 e. The van der Waals surface area contributed by atoms with Crippen LogP contribution >= 0.6 is 11.6 Å². The SMILES string of the molecule is Cc1cc(C)c(S(=O)(=O)Nc2ccc(Cl)cn2)c(C)c1N. The van der Waals surface area contributed by atoms with E-state index in [0.29, 0.717) is 21.8 Å². The Kier molecular flexibility index (Phi) is 4.11. The molecule has 0 bridgehead atoms. The van der Waals surface area contributed by atoms with Gasteiger partial charge >= 0.3 is 0 Å². The molecular formula is C14H16ClN3O2S. The lowest BCUT2D eigenvalue weighted by Gasteiger charge is -2.15. The number of nitrogen functional groups attached to an aromatic ring is 1. The fourth-order valence-electron chi connectivity index (χ4n) is 2.22. The van der Waals surface area contributed by atoms with Gasteiger partial charge in [0.15, 0.2) is 0 Å². The normalized spacial score (nSPS) is 11.4. The smallest absolute Gasteiger partial charge is 0.263 e. The summed E-state index contributed by atoms with van der Waals surface area (Å²) in [6.45, 7) is 5.28. The van der Waals surface area contributed by atoms with E-state index in [1.54, 1.807) is 26.0 Å². The molecule has 2 aromatic rings. The van der Waals surface area contributed by atoms with Crippen LogP contribution in [-0.2, 0) is 10.0 Å². The number of anilines is 2. The van der Waals surface area contributed by atoms with Gasteiger partial charge in [0.1, 0.15) is 5.82 Å². The zero-order valence-corrected chi connectivity index (χ0v) is 13.5. The third kappa shape index (κ3) is 3.11. The van der Waals surface area contributed by atoms with Crippen LogP contribution in [0.5, 0.6) is 0 Å². The van der Waals surface area contributed by atoms with Gasteiger partial charge in [-0.1, -0.05) is 17.7 Å². The third-order valence-corrected chi connectivity index (χ3v) is 5.06. The van der Waals surface area contributed by atoms with Gasteiger partial charge < -0.3 is 5.73 Å². The average Bonchev–Trinajstić information content (AvgIpc) is 2.38. The number of aromatic nitrogens is 1. The molecule has 7 heteroatoms. The molecule has 5 nitrogen and oxygen atoms in total. The lowest BCUT2D eigenvalue weighted by Crippen LogP contribution is -2.17. The lowest BCUT2D eigenvalue weighted by atomic mass is 10.1. The van der Waals surface area contributed by atoms with Crippen molar-refractivity contribution in [2.45, 2.75) is 25.7 Å². The van der Waals surface area contributed by atoms with Crippen molar-refractivity contribution >= 4 is 33.1 Å². The molecular weight excluding hydrogens is 310 g/mol. The number of nitrogens with one attached hydrogen (secondary N) is 1. The Bertz CT molecular complexity index is 787. The molecule has 1 aromatic heterocycles. The molecule has 21 heavy (non-hydrogen) atoms. The molecule has 0 saturated heterocycles. The molecule has 0 atom stereocenters. The first-order valence-corrected chi connectivity index (χ1v) is 8.09. The number of halogens is 1. The van der Waals surface area contributed by atoms with Crippen molar-refractivity contribution < 1.29 is 8.42 Å². The van der Waals surface area contributed by atoms with Gasteiger partial charge in [-0.3, -0.25) is 4.72 Å². The number of pyridine rings is 1. The van der Waals surface area contributed by atoms with E-state index in [1.165, 1.54) is 12.3 Å². The van der Waals surface area contributed by atoms with Gasteiger partial charge in [-0.15, -0.1) is 0 Å². The van der Waals surface area contributed by atoms with E-state index in [0.717, 1.165) is 5.56 Å². The summed E-state index contributed by atoms with van der Waals surface area (Å²) < 4.78 is 27.5. The van der Waals surface area contributed by atoms with E-state index in [4.69, 9.17) is 17.3 Å². The van der Waals surface area contributed by atoms with Crippen LogP contribution in [0.2, 0.25) is 5.02 Å². The second-order valence-corrected chi connectivity index (χ2v) is 6.90. The Hall–Kier alpha value is -1.79. The van der Waals surface area contributed by atoms with Gasteiger partial charge in [0.25, 0.3) is 10.0 Å². The molecule has 112 valence electrons. The van der Waals surface area contributed by atoms with Crippen LogP contribution < -0.4 is 10.5 Å². The van der Waals surface area contributed by atoms with Crippen molar-refractivity contribution in [2.24, 2.45) is 0 Å². The van der Waals surface area contributed by atoms with Crippen LogP contribution in [0, 0.1) is 20.8 Å². The minimum atomic E-state index is -3.76. The minimum Gasteiger partial charge on any atom is -0.398 e. The molecule has 1 aromatic carbocycles. The molecule has 0 unspecified atom stereocenters. The number of nitrogens with two attached hydrogens (primary N) is 1. The number of aryl methyl sites for hydroxylation is 2. The Labute approximate surface area is 129 Å². The summed E-state index contributed by atoms with van der Waals surface area (Å²) in [6.07, 6.45) is 1.38. The van der Waals surface area contributed by atoms with Crippen molar-refractivity contribution in [3.05, 3.63) is 46.1 Å². The summed E-state index contributed by atoms with van der Waals surface area (Å²) in [5, 5.41) is 0.435. The lowest BCUT2D eigenvalue weighted by molar-refractivity contribution is 0.600. The Morgan fingerprint density at radius 3 is 2.43 bits per heavy atom. The minimum absolute atomic E-state index is 0.183. The van der Waals surface area contributed by atoms with Crippen molar-refractivity contribution in [3.8, 4) is 0 Å². The van der Waals surface area contributed by atoms with Crippen molar-refractivity contribution in [1.29, 1.82) is 0 Å². The number of benzene rings is 1. The first-order valence-electron chi connectivity index (χ1n) is 6.23. The molecule has 0 amide bonds. The highest BCUT2D eigenvalue weighted by Gasteiger charge is 2.22. The monoisotopic (exact) mass is 325 g/mol. The summed E-state index contributed by atoms with van der Waals surface area (Å²) >= 11 is 5.73. The highest BCUT2D eigenvalue weighted by atomic mass is 35.5. The fraction of sp³-hybridized carbons (Fsp3) is 0.214. The molecule has 0 aliphatic rings. The molecule has 0 saturated carbocycles. The van der Waals surface area contributed by atoms with E-state index in [2.05, 4.69) is 9.71 Å². The summed E-state index contributed by atoms with van der Waals surface area (Å²) in [5.41, 5.74) is 8.44. The first kappa shape index (κ1) is 15.6. The molecule has 2 rings (SSSR count). The predicted molar refractivity (Wildman–Crippen MR) is 85.1 cm³/mol. The molecule has 0 aliphatic heterocycles. The fourth-order valence-corrected chi connectivity index (χ4v) is 3.83. The van der Waals surface area contributed by atoms with Crippen LogP contribution in [0.4, 0.5) is 11.5 Å². The quantitative estimate of drug-likeness (QED) is 0.849. The van der Waals surface area contributed by atoms with Crippen LogP contribution in [0.25, 0.3) is 0 Å². The zero-order chi connectivity index (χ0) is 15.8. The van der Waals surface area contributed by atoms with Gasteiger partial charge in [-0.2, -0.15) is 0 Å².